The van der Waals surface area contributed by atoms with Gasteiger partial charge in [-0.3, -0.25) is 5.43 Å². The van der Waals surface area contributed by atoms with Crippen molar-refractivity contribution >= 4 is 43.9 Å². The Morgan fingerprint density at radius 3 is 2.95 bits per heavy atom. The van der Waals surface area contributed by atoms with Gasteiger partial charge in [0.05, 0.1) is 24.0 Å². The number of aromatic nitrogens is 3. The second-order valence-electron chi connectivity index (χ2n) is 3.55. The van der Waals surface area contributed by atoms with Gasteiger partial charge in [-0.05, 0) is 28.1 Å². The molecule has 0 atom stereocenters. The van der Waals surface area contributed by atoms with E-state index in [1.165, 1.54) is 6.20 Å². The molecule has 104 valence electrons. The molecule has 0 unspecified atom stereocenters. The zero-order valence-electron chi connectivity index (χ0n) is 10.2. The van der Waals surface area contributed by atoms with Crippen molar-refractivity contribution in [3.63, 3.8) is 0 Å². The quantitative estimate of drug-likeness (QED) is 0.603. The lowest BCUT2D eigenvalue weighted by atomic mass is 10.2. The molecule has 0 aliphatic rings. The second-order valence-corrected chi connectivity index (χ2v) is 5.32. The minimum Gasteiger partial charge on any atom is -0.495 e. The fourth-order valence-corrected chi connectivity index (χ4v) is 2.85. The Balaban J connectivity index is 2.21. The molecule has 9 heteroatoms. The van der Waals surface area contributed by atoms with Crippen LogP contribution in [0.5, 0.6) is 5.75 Å². The van der Waals surface area contributed by atoms with Crippen LogP contribution in [0.15, 0.2) is 37.2 Å². The van der Waals surface area contributed by atoms with Gasteiger partial charge in [0.2, 0.25) is 0 Å². The predicted octanol–water partition coefficient (Wildman–Crippen LogP) is 2.14. The van der Waals surface area contributed by atoms with Gasteiger partial charge in [0.25, 0.3) is 0 Å². The summed E-state index contributed by atoms with van der Waals surface area (Å²) in [5, 5.41) is 9.76. The standard InChI is InChI=1S/C11H9Br2N5O2/c1-20-10-6(2-7(12)3-8(10)13)4-14-17-9-5-15-18-11(19)16-9/h2-5H,1H3,(H2,16,17,18,19)/b14-4+. The molecule has 1 aromatic heterocycles. The van der Waals surface area contributed by atoms with Gasteiger partial charge >= 0.3 is 5.69 Å². The molecule has 0 aliphatic heterocycles. The number of halogens is 2. The van der Waals surface area contributed by atoms with Crippen LogP contribution in [-0.4, -0.2) is 28.5 Å². The monoisotopic (exact) mass is 401 g/mol. The summed E-state index contributed by atoms with van der Waals surface area (Å²) < 4.78 is 6.96. The zero-order valence-corrected chi connectivity index (χ0v) is 13.4. The van der Waals surface area contributed by atoms with Gasteiger partial charge in [0.15, 0.2) is 5.82 Å². The van der Waals surface area contributed by atoms with Crippen molar-refractivity contribution in [3.8, 4) is 5.75 Å². The number of hydrogen-bond acceptors (Lipinski definition) is 6. The van der Waals surface area contributed by atoms with E-state index in [0.29, 0.717) is 5.75 Å². The number of H-pyrrole nitrogens is 1. The SMILES string of the molecule is COc1c(Br)cc(Br)cc1/C=N/Nc1cn[nH]c(=O)n1. The van der Waals surface area contributed by atoms with Gasteiger partial charge in [-0.1, -0.05) is 15.9 Å². The van der Waals surface area contributed by atoms with Crippen molar-refractivity contribution < 1.29 is 4.74 Å². The highest BCUT2D eigenvalue weighted by Gasteiger charge is 2.07. The van der Waals surface area contributed by atoms with E-state index in [1.807, 2.05) is 12.1 Å². The molecular formula is C11H9Br2N5O2. The number of rotatable bonds is 4. The number of hydrazone groups is 1. The maximum Gasteiger partial charge on any atom is 0.363 e. The van der Waals surface area contributed by atoms with Crippen LogP contribution in [0.1, 0.15) is 5.56 Å². The molecule has 1 heterocycles. The van der Waals surface area contributed by atoms with Crippen LogP contribution in [-0.2, 0) is 0 Å². The molecular weight excluding hydrogens is 394 g/mol. The van der Waals surface area contributed by atoms with Crippen molar-refractivity contribution in [1.29, 1.82) is 0 Å². The fourth-order valence-electron chi connectivity index (χ4n) is 1.43. The van der Waals surface area contributed by atoms with Crippen LogP contribution >= 0.6 is 31.9 Å². The number of benzene rings is 1. The Bertz CT molecular complexity index is 701. The summed E-state index contributed by atoms with van der Waals surface area (Å²) in [7, 11) is 1.57. The van der Waals surface area contributed by atoms with Crippen LogP contribution < -0.4 is 15.9 Å². The Labute approximate surface area is 130 Å². The number of aromatic amines is 1. The molecule has 2 N–H and O–H groups in total. The largest absolute Gasteiger partial charge is 0.495 e. The van der Waals surface area contributed by atoms with E-state index >= 15 is 0 Å². The smallest absolute Gasteiger partial charge is 0.363 e. The summed E-state index contributed by atoms with van der Waals surface area (Å²) in [6.07, 6.45) is 2.91. The Hall–Kier alpha value is -1.74. The second kappa shape index (κ2) is 6.62. The Morgan fingerprint density at radius 1 is 1.45 bits per heavy atom. The average Bonchev–Trinajstić information content (AvgIpc) is 2.38. The van der Waals surface area contributed by atoms with Gasteiger partial charge < -0.3 is 4.74 Å². The van der Waals surface area contributed by atoms with Crippen molar-refractivity contribution in [2.45, 2.75) is 0 Å². The third-order valence-electron chi connectivity index (χ3n) is 2.19. The fraction of sp³-hybridized carbons (Fsp3) is 0.0909. The molecule has 2 rings (SSSR count). The normalized spacial score (nSPS) is 10.8. The molecule has 0 amide bonds. The number of hydrogen-bond donors (Lipinski definition) is 2. The minimum atomic E-state index is -0.548. The van der Waals surface area contributed by atoms with Crippen LogP contribution in [0.4, 0.5) is 5.82 Å². The van der Waals surface area contributed by atoms with Gasteiger partial charge in [0, 0.05) is 10.0 Å². The number of nitrogens with zero attached hydrogens (tertiary/aromatic N) is 3. The highest BCUT2D eigenvalue weighted by atomic mass is 79.9. The molecule has 0 saturated heterocycles. The summed E-state index contributed by atoms with van der Waals surface area (Å²) in [5.74, 6) is 0.897. The van der Waals surface area contributed by atoms with Crippen LogP contribution in [0.3, 0.4) is 0 Å². The van der Waals surface area contributed by atoms with Crippen molar-refractivity contribution in [2.24, 2.45) is 5.10 Å². The third-order valence-corrected chi connectivity index (χ3v) is 3.24. The van der Waals surface area contributed by atoms with Crippen molar-refractivity contribution in [2.75, 3.05) is 12.5 Å². The highest BCUT2D eigenvalue weighted by Crippen LogP contribution is 2.31. The summed E-state index contributed by atoms with van der Waals surface area (Å²) >= 11 is 6.79. The lowest BCUT2D eigenvalue weighted by molar-refractivity contribution is 0.411. The van der Waals surface area contributed by atoms with Crippen LogP contribution in [0.2, 0.25) is 0 Å². The van der Waals surface area contributed by atoms with Crippen LogP contribution in [0, 0.1) is 0 Å². The number of ether oxygens (including phenoxy) is 1. The number of anilines is 1. The van der Waals surface area contributed by atoms with E-state index in [1.54, 1.807) is 13.3 Å². The van der Waals surface area contributed by atoms with Gasteiger partial charge in [-0.15, -0.1) is 0 Å². The topological polar surface area (TPSA) is 92.3 Å². The highest BCUT2D eigenvalue weighted by molar-refractivity contribution is 9.11. The first-order valence-electron chi connectivity index (χ1n) is 5.34. The maximum absolute atomic E-state index is 11.0. The summed E-state index contributed by atoms with van der Waals surface area (Å²) in [6, 6.07) is 3.71. The lowest BCUT2D eigenvalue weighted by Gasteiger charge is -2.07. The minimum absolute atomic E-state index is 0.248. The third kappa shape index (κ3) is 3.64. The Kier molecular flexibility index (Phi) is 4.85. The van der Waals surface area contributed by atoms with Crippen LogP contribution in [0.25, 0.3) is 0 Å². The average molecular weight is 403 g/mol. The predicted molar refractivity (Wildman–Crippen MR) is 82.3 cm³/mol. The summed E-state index contributed by atoms with van der Waals surface area (Å²) in [5.41, 5.74) is 2.81. The van der Waals surface area contributed by atoms with Gasteiger partial charge in [-0.25, -0.2) is 9.89 Å². The van der Waals surface area contributed by atoms with Crippen molar-refractivity contribution in [1.82, 2.24) is 15.2 Å². The van der Waals surface area contributed by atoms with E-state index < -0.39 is 5.69 Å². The van der Waals surface area contributed by atoms with E-state index in [2.05, 4.69) is 57.6 Å². The first kappa shape index (κ1) is 14.7. The molecule has 2 aromatic rings. The van der Waals surface area contributed by atoms with E-state index in [9.17, 15) is 4.79 Å². The first-order chi connectivity index (χ1) is 9.60. The van der Waals surface area contributed by atoms with Crippen molar-refractivity contribution in [3.05, 3.63) is 43.3 Å². The molecule has 1 aromatic carbocycles. The summed E-state index contributed by atoms with van der Waals surface area (Å²) in [4.78, 5) is 14.6. The Morgan fingerprint density at radius 2 is 2.25 bits per heavy atom. The molecule has 0 fully saturated rings. The zero-order chi connectivity index (χ0) is 14.5. The molecule has 0 spiro atoms. The molecule has 0 bridgehead atoms. The number of nitrogens with one attached hydrogen (secondary N) is 2. The molecule has 0 radical (unpaired) electrons. The maximum atomic E-state index is 11.0. The molecule has 0 aliphatic carbocycles. The van der Waals surface area contributed by atoms with E-state index in [0.717, 1.165) is 14.5 Å². The first-order valence-corrected chi connectivity index (χ1v) is 6.92. The number of methoxy groups -OCH3 is 1. The van der Waals surface area contributed by atoms with Gasteiger partial charge in [0.1, 0.15) is 5.75 Å². The van der Waals surface area contributed by atoms with E-state index in [4.69, 9.17) is 4.74 Å². The van der Waals surface area contributed by atoms with E-state index in [-0.39, 0.29) is 5.82 Å². The molecule has 7 nitrogen and oxygen atoms in total. The van der Waals surface area contributed by atoms with Gasteiger partial charge in [-0.2, -0.15) is 15.2 Å². The summed E-state index contributed by atoms with van der Waals surface area (Å²) in [6.45, 7) is 0. The molecule has 0 saturated carbocycles. The lowest BCUT2D eigenvalue weighted by Crippen LogP contribution is -2.13. The molecule has 20 heavy (non-hydrogen) atoms.